The summed E-state index contributed by atoms with van der Waals surface area (Å²) in [6.45, 7) is -0.417. The van der Waals surface area contributed by atoms with Gasteiger partial charge in [-0.05, 0) is 18.4 Å². The number of carbonyl (C=O) groups is 1. The Balaban J connectivity index is 1.98. The van der Waals surface area contributed by atoms with Crippen molar-refractivity contribution in [1.29, 1.82) is 0 Å². The largest absolute Gasteiger partial charge is 0.371 e. The quantitative estimate of drug-likeness (QED) is 0.838. The summed E-state index contributed by atoms with van der Waals surface area (Å²) in [5, 5.41) is 13.4. The van der Waals surface area contributed by atoms with Crippen molar-refractivity contribution in [3.8, 4) is 12.3 Å². The maximum atomic E-state index is 12.0. The van der Waals surface area contributed by atoms with Crippen molar-refractivity contribution in [1.82, 2.24) is 15.2 Å². The maximum absolute atomic E-state index is 12.0. The fourth-order valence-electron chi connectivity index (χ4n) is 2.21. The lowest BCUT2D eigenvalue weighted by Gasteiger charge is -2.08. The Morgan fingerprint density at radius 3 is 3.05 bits per heavy atom. The summed E-state index contributed by atoms with van der Waals surface area (Å²) >= 11 is 0. The number of fused-ring (bicyclic) bond motifs is 1. The predicted octanol–water partition coefficient (Wildman–Crippen LogP) is 1.64. The van der Waals surface area contributed by atoms with Crippen LogP contribution in [0.3, 0.4) is 0 Å². The van der Waals surface area contributed by atoms with Crippen LogP contribution < -0.4 is 10.6 Å². The number of nitrogens with zero attached hydrogens (tertiary/aromatic N) is 3. The standard InChI is InChI=1S/C15H15N5O/c1-4-9-7-17-14(16-3)13-11(9)6-12(19-20-13)18-15(21)10-5-8(10)2/h1,6-8,10H,5H2,2-3H3,(H,16,17)(H,18,19,21)/t8-,10+/m1/s1/i3D3. The Morgan fingerprint density at radius 1 is 1.57 bits per heavy atom. The first-order valence-corrected chi connectivity index (χ1v) is 6.50. The van der Waals surface area contributed by atoms with E-state index in [-0.39, 0.29) is 29.0 Å². The second-order valence-corrected chi connectivity index (χ2v) is 5.09. The second-order valence-electron chi connectivity index (χ2n) is 5.09. The van der Waals surface area contributed by atoms with Crippen LogP contribution in [0.25, 0.3) is 10.9 Å². The van der Waals surface area contributed by atoms with Gasteiger partial charge in [0, 0.05) is 28.6 Å². The molecule has 106 valence electrons. The molecule has 2 N–H and O–H groups in total. The van der Waals surface area contributed by atoms with E-state index in [0.717, 1.165) is 6.42 Å². The Bertz CT molecular complexity index is 859. The van der Waals surface area contributed by atoms with Crippen LogP contribution in [0.4, 0.5) is 11.6 Å². The van der Waals surface area contributed by atoms with Crippen LogP contribution >= 0.6 is 0 Å². The van der Waals surface area contributed by atoms with Gasteiger partial charge in [0.2, 0.25) is 5.91 Å². The number of amides is 1. The molecule has 0 spiro atoms. The minimum atomic E-state index is -2.42. The van der Waals surface area contributed by atoms with Crippen LogP contribution in [-0.4, -0.2) is 28.1 Å². The van der Waals surface area contributed by atoms with Gasteiger partial charge < -0.3 is 10.6 Å². The maximum Gasteiger partial charge on any atom is 0.228 e. The minimum Gasteiger partial charge on any atom is -0.371 e. The summed E-state index contributed by atoms with van der Waals surface area (Å²) in [7, 11) is 0. The summed E-state index contributed by atoms with van der Waals surface area (Å²) in [5.41, 5.74) is 0.672. The molecule has 3 rings (SSSR count). The van der Waals surface area contributed by atoms with E-state index in [1.165, 1.54) is 6.20 Å². The fourth-order valence-corrected chi connectivity index (χ4v) is 2.21. The molecule has 0 unspecified atom stereocenters. The van der Waals surface area contributed by atoms with Gasteiger partial charge in [-0.3, -0.25) is 4.79 Å². The number of rotatable bonds is 3. The summed E-state index contributed by atoms with van der Waals surface area (Å²) in [6, 6.07) is 1.58. The van der Waals surface area contributed by atoms with Crippen LogP contribution in [-0.2, 0) is 4.79 Å². The van der Waals surface area contributed by atoms with Crippen LogP contribution in [0.2, 0.25) is 0 Å². The van der Waals surface area contributed by atoms with Gasteiger partial charge >= 0.3 is 0 Å². The lowest BCUT2D eigenvalue weighted by atomic mass is 10.1. The number of aromatic nitrogens is 3. The molecule has 0 aromatic carbocycles. The molecule has 6 heteroatoms. The average Bonchev–Trinajstić information content (AvgIpc) is 3.23. The molecule has 0 aliphatic heterocycles. The van der Waals surface area contributed by atoms with E-state index < -0.39 is 6.98 Å². The summed E-state index contributed by atoms with van der Waals surface area (Å²) in [5.74, 6) is 3.07. The van der Waals surface area contributed by atoms with E-state index in [1.54, 1.807) is 6.07 Å². The zero-order valence-corrected chi connectivity index (χ0v) is 11.3. The molecule has 1 aliphatic rings. The van der Waals surface area contributed by atoms with Gasteiger partial charge in [0.05, 0.1) is 5.56 Å². The Labute approximate surface area is 126 Å². The Kier molecular flexibility index (Phi) is 2.41. The topological polar surface area (TPSA) is 79.8 Å². The molecule has 21 heavy (non-hydrogen) atoms. The van der Waals surface area contributed by atoms with Crippen LogP contribution in [0.15, 0.2) is 12.3 Å². The minimum absolute atomic E-state index is 0.000159. The monoisotopic (exact) mass is 284 g/mol. The molecule has 0 bridgehead atoms. The second kappa shape index (κ2) is 5.02. The normalized spacial score (nSPS) is 22.6. The first-order valence-electron chi connectivity index (χ1n) is 8.00. The van der Waals surface area contributed by atoms with Crippen LogP contribution in [0.5, 0.6) is 0 Å². The van der Waals surface area contributed by atoms with E-state index in [0.29, 0.717) is 16.9 Å². The third-order valence-electron chi connectivity index (χ3n) is 3.60. The van der Waals surface area contributed by atoms with Crippen molar-refractivity contribution in [2.45, 2.75) is 13.3 Å². The number of pyridine rings is 1. The molecule has 0 saturated heterocycles. The third kappa shape index (κ3) is 2.38. The predicted molar refractivity (Wildman–Crippen MR) is 80.7 cm³/mol. The summed E-state index contributed by atoms with van der Waals surface area (Å²) < 4.78 is 21.9. The molecule has 2 aromatic rings. The van der Waals surface area contributed by atoms with Gasteiger partial charge in [-0.25, -0.2) is 4.98 Å². The van der Waals surface area contributed by atoms with Gasteiger partial charge in [-0.15, -0.1) is 16.6 Å². The zero-order valence-electron chi connectivity index (χ0n) is 14.3. The third-order valence-corrected chi connectivity index (χ3v) is 3.60. The molecule has 1 aliphatic carbocycles. The molecule has 1 saturated carbocycles. The molecule has 2 heterocycles. The Hall–Kier alpha value is -2.68. The highest BCUT2D eigenvalue weighted by Gasteiger charge is 2.39. The molecule has 6 nitrogen and oxygen atoms in total. The highest BCUT2D eigenvalue weighted by atomic mass is 16.2. The number of terminal acetylenes is 1. The van der Waals surface area contributed by atoms with Crippen molar-refractivity contribution < 1.29 is 8.91 Å². The van der Waals surface area contributed by atoms with Gasteiger partial charge in [-0.2, -0.15) is 0 Å². The molecule has 1 amide bonds. The molecule has 2 atom stereocenters. The average molecular weight is 284 g/mol. The van der Waals surface area contributed by atoms with Gasteiger partial charge in [-0.1, -0.05) is 12.8 Å². The highest BCUT2D eigenvalue weighted by molar-refractivity contribution is 5.97. The Morgan fingerprint density at radius 2 is 2.38 bits per heavy atom. The number of hydrogen-bond acceptors (Lipinski definition) is 5. The van der Waals surface area contributed by atoms with Crippen molar-refractivity contribution in [3.05, 3.63) is 17.8 Å². The van der Waals surface area contributed by atoms with E-state index in [9.17, 15) is 4.79 Å². The van der Waals surface area contributed by atoms with Crippen molar-refractivity contribution in [2.75, 3.05) is 17.6 Å². The SMILES string of the molecule is [2H]C([2H])([2H])Nc1ncc(C#C)c2cc(NC(=O)[C@H]3C[C@H]3C)nnc12. The van der Waals surface area contributed by atoms with E-state index in [1.807, 2.05) is 6.92 Å². The summed E-state index contributed by atoms with van der Waals surface area (Å²) in [6.07, 6.45) is 7.71. The number of nitrogens with one attached hydrogen (secondary N) is 2. The lowest BCUT2D eigenvalue weighted by Crippen LogP contribution is -2.16. The molecule has 1 fully saturated rings. The smallest absolute Gasteiger partial charge is 0.228 e. The van der Waals surface area contributed by atoms with Gasteiger partial charge in [0.25, 0.3) is 0 Å². The summed E-state index contributed by atoms with van der Waals surface area (Å²) in [4.78, 5) is 16.0. The number of hydrogen-bond donors (Lipinski definition) is 2. The first kappa shape index (κ1) is 10.1. The van der Waals surface area contributed by atoms with Crippen molar-refractivity contribution in [3.63, 3.8) is 0 Å². The molecule has 0 radical (unpaired) electrons. The lowest BCUT2D eigenvalue weighted by molar-refractivity contribution is -0.117. The first-order chi connectivity index (χ1) is 11.3. The van der Waals surface area contributed by atoms with Crippen LogP contribution in [0.1, 0.15) is 23.0 Å². The fraction of sp³-hybridized carbons (Fsp3) is 0.333. The van der Waals surface area contributed by atoms with E-state index in [2.05, 4.69) is 31.7 Å². The van der Waals surface area contributed by atoms with Gasteiger partial charge in [0.15, 0.2) is 11.6 Å². The van der Waals surface area contributed by atoms with Gasteiger partial charge in [0.1, 0.15) is 5.52 Å². The van der Waals surface area contributed by atoms with Crippen molar-refractivity contribution in [2.24, 2.45) is 11.8 Å². The molecular weight excluding hydrogens is 266 g/mol. The molecule has 2 aromatic heterocycles. The zero-order chi connectivity index (χ0) is 17.5. The van der Waals surface area contributed by atoms with Crippen molar-refractivity contribution >= 4 is 28.4 Å². The van der Waals surface area contributed by atoms with E-state index in [4.69, 9.17) is 10.5 Å². The van der Waals surface area contributed by atoms with Crippen LogP contribution in [0, 0.1) is 24.2 Å². The molecular formula is C15H15N5O. The number of anilines is 2. The number of carbonyl (C=O) groups excluding carboxylic acids is 1. The van der Waals surface area contributed by atoms with E-state index >= 15 is 0 Å². The highest BCUT2D eigenvalue weighted by Crippen LogP contribution is 2.38.